The average Bonchev–Trinajstić information content (AvgIpc) is 3.11. The molecule has 1 aromatic carbocycles. The fraction of sp³-hybridized carbons (Fsp3) is 0.125. The number of esters is 1. The third kappa shape index (κ3) is 3.71. The quantitative estimate of drug-likeness (QED) is 0.375. The maximum atomic E-state index is 13.0. The number of pyridine rings is 1. The lowest BCUT2D eigenvalue weighted by Crippen LogP contribution is -2.27. The highest BCUT2D eigenvalue weighted by molar-refractivity contribution is 5.89. The summed E-state index contributed by atoms with van der Waals surface area (Å²) in [5.41, 5.74) is -1.31. The second-order valence-electron chi connectivity index (χ2n) is 5.31. The highest BCUT2D eigenvalue weighted by Crippen LogP contribution is 2.17. The van der Waals surface area contributed by atoms with Crippen LogP contribution in [0.4, 0.5) is 10.1 Å². The van der Waals surface area contributed by atoms with E-state index >= 15 is 0 Å². The molecule has 27 heavy (non-hydrogen) atoms. The van der Waals surface area contributed by atoms with Gasteiger partial charge in [-0.3, -0.25) is 19.5 Å². The van der Waals surface area contributed by atoms with Crippen LogP contribution in [0.5, 0.6) is 0 Å². The van der Waals surface area contributed by atoms with Gasteiger partial charge in [-0.1, -0.05) is 5.16 Å². The fourth-order valence-corrected chi connectivity index (χ4v) is 2.27. The molecule has 3 aromatic rings. The molecular formula is C16H11FN4O6. The van der Waals surface area contributed by atoms with Crippen molar-refractivity contribution >= 4 is 11.7 Å². The van der Waals surface area contributed by atoms with Gasteiger partial charge in [0.1, 0.15) is 17.9 Å². The maximum Gasteiger partial charge on any atom is 0.343 e. The zero-order chi connectivity index (χ0) is 19.6. The summed E-state index contributed by atoms with van der Waals surface area (Å²) in [7, 11) is 1.05. The van der Waals surface area contributed by atoms with Crippen molar-refractivity contribution in [1.82, 2.24) is 14.7 Å². The topological polar surface area (TPSA) is 130 Å². The van der Waals surface area contributed by atoms with Crippen LogP contribution in [0.1, 0.15) is 16.2 Å². The third-order valence-corrected chi connectivity index (χ3v) is 3.56. The van der Waals surface area contributed by atoms with Gasteiger partial charge in [-0.25, -0.2) is 9.18 Å². The summed E-state index contributed by atoms with van der Waals surface area (Å²) in [5.74, 6) is -1.32. The van der Waals surface area contributed by atoms with Gasteiger partial charge >= 0.3 is 5.97 Å². The fourth-order valence-electron chi connectivity index (χ4n) is 2.27. The van der Waals surface area contributed by atoms with Crippen LogP contribution in [0, 0.1) is 15.9 Å². The Bertz CT molecular complexity index is 1070. The predicted molar refractivity (Wildman–Crippen MR) is 87.5 cm³/mol. The molecule has 0 aliphatic rings. The lowest BCUT2D eigenvalue weighted by Gasteiger charge is -2.05. The number of hydrogen-bond acceptors (Lipinski definition) is 8. The number of benzene rings is 1. The van der Waals surface area contributed by atoms with E-state index in [0.29, 0.717) is 5.56 Å². The Hall–Kier alpha value is -3.89. The van der Waals surface area contributed by atoms with Crippen molar-refractivity contribution in [1.29, 1.82) is 0 Å². The van der Waals surface area contributed by atoms with Crippen LogP contribution in [0.2, 0.25) is 0 Å². The first kappa shape index (κ1) is 17.9. The van der Waals surface area contributed by atoms with Crippen LogP contribution in [-0.4, -0.2) is 32.7 Å². The van der Waals surface area contributed by atoms with E-state index in [1.54, 1.807) is 0 Å². The van der Waals surface area contributed by atoms with Crippen LogP contribution >= 0.6 is 0 Å². The minimum atomic E-state index is -1.00. The number of rotatable bonds is 5. The first-order chi connectivity index (χ1) is 12.9. The van der Waals surface area contributed by atoms with Crippen molar-refractivity contribution in [2.24, 2.45) is 0 Å². The third-order valence-electron chi connectivity index (χ3n) is 3.56. The number of hydrogen-bond donors (Lipinski definition) is 0. The Kier molecular flexibility index (Phi) is 4.75. The van der Waals surface area contributed by atoms with Crippen LogP contribution in [0.25, 0.3) is 11.4 Å². The molecule has 0 radical (unpaired) electrons. The summed E-state index contributed by atoms with van der Waals surface area (Å²) in [4.78, 5) is 38.4. The second kappa shape index (κ2) is 7.15. The molecular weight excluding hydrogens is 363 g/mol. The van der Waals surface area contributed by atoms with Crippen LogP contribution in [-0.2, 0) is 11.3 Å². The molecule has 0 spiro atoms. The lowest BCUT2D eigenvalue weighted by molar-refractivity contribution is -0.385. The normalized spacial score (nSPS) is 10.6. The summed E-state index contributed by atoms with van der Waals surface area (Å²) in [5, 5.41) is 14.8. The van der Waals surface area contributed by atoms with Crippen molar-refractivity contribution < 1.29 is 23.4 Å². The van der Waals surface area contributed by atoms with Gasteiger partial charge in [-0.05, 0) is 24.3 Å². The molecule has 0 saturated carbocycles. The van der Waals surface area contributed by atoms with Crippen molar-refractivity contribution in [2.75, 3.05) is 7.11 Å². The molecule has 0 saturated heterocycles. The molecule has 0 aliphatic carbocycles. The molecule has 2 aromatic heterocycles. The van der Waals surface area contributed by atoms with Gasteiger partial charge in [0.05, 0.1) is 18.2 Å². The number of halogens is 1. The van der Waals surface area contributed by atoms with Crippen molar-refractivity contribution in [3.8, 4) is 11.4 Å². The molecule has 138 valence electrons. The zero-order valence-electron chi connectivity index (χ0n) is 13.8. The number of nitro groups is 1. The van der Waals surface area contributed by atoms with E-state index in [0.717, 1.165) is 23.9 Å². The summed E-state index contributed by atoms with van der Waals surface area (Å²) >= 11 is 0. The number of aromatic nitrogens is 3. The first-order valence-electron chi connectivity index (χ1n) is 7.44. The van der Waals surface area contributed by atoms with Crippen LogP contribution in [0.3, 0.4) is 0 Å². The van der Waals surface area contributed by atoms with E-state index in [9.17, 15) is 24.1 Å². The number of carbonyl (C=O) groups excluding carboxylic acids is 1. The van der Waals surface area contributed by atoms with E-state index in [-0.39, 0.29) is 18.3 Å². The summed E-state index contributed by atoms with van der Waals surface area (Å²) in [6, 6.07) is 6.16. The molecule has 0 aliphatic heterocycles. The molecule has 0 fully saturated rings. The largest absolute Gasteiger partial charge is 0.465 e. The molecule has 11 heteroatoms. The Labute approximate surface area is 150 Å². The maximum absolute atomic E-state index is 13.0. The van der Waals surface area contributed by atoms with Gasteiger partial charge in [0.25, 0.3) is 11.2 Å². The van der Waals surface area contributed by atoms with Crippen molar-refractivity contribution in [3.63, 3.8) is 0 Å². The Morgan fingerprint density at radius 1 is 1.37 bits per heavy atom. The second-order valence-corrected chi connectivity index (χ2v) is 5.31. The molecule has 10 nitrogen and oxygen atoms in total. The number of methoxy groups -OCH3 is 1. The van der Waals surface area contributed by atoms with E-state index in [2.05, 4.69) is 14.9 Å². The average molecular weight is 374 g/mol. The molecule has 3 rings (SSSR count). The van der Waals surface area contributed by atoms with Gasteiger partial charge in [0.2, 0.25) is 11.7 Å². The summed E-state index contributed by atoms with van der Waals surface area (Å²) < 4.78 is 23.4. The van der Waals surface area contributed by atoms with Crippen LogP contribution in [0.15, 0.2) is 45.8 Å². The Morgan fingerprint density at radius 3 is 2.70 bits per heavy atom. The molecule has 0 unspecified atom stereocenters. The lowest BCUT2D eigenvalue weighted by atomic mass is 10.2. The summed E-state index contributed by atoms with van der Waals surface area (Å²) in [6.45, 7) is -0.307. The standard InChI is InChI=1S/C16H11FN4O6/c1-26-16(23)12-6-11(21(24)25)7-20(15(12)22)8-13-18-14(19-27-13)9-2-4-10(17)5-3-9/h2-7H,8H2,1H3. The van der Waals surface area contributed by atoms with E-state index in [1.165, 1.54) is 24.3 Å². The van der Waals surface area contributed by atoms with Gasteiger partial charge in [0, 0.05) is 11.6 Å². The molecule has 2 heterocycles. The predicted octanol–water partition coefficient (Wildman–Crippen LogP) is 1.78. The molecule has 0 amide bonds. The first-order valence-corrected chi connectivity index (χ1v) is 7.44. The van der Waals surface area contributed by atoms with Crippen molar-refractivity contribution in [3.05, 3.63) is 74.3 Å². The highest BCUT2D eigenvalue weighted by atomic mass is 19.1. The van der Waals surface area contributed by atoms with Crippen molar-refractivity contribution in [2.45, 2.75) is 6.54 Å². The SMILES string of the molecule is COC(=O)c1cc([N+](=O)[O-])cn(Cc2nc(-c3ccc(F)cc3)no2)c1=O. The monoisotopic (exact) mass is 374 g/mol. The van der Waals surface area contributed by atoms with Gasteiger partial charge < -0.3 is 9.26 Å². The van der Waals surface area contributed by atoms with E-state index in [4.69, 9.17) is 4.52 Å². The van der Waals surface area contributed by atoms with E-state index < -0.39 is 33.5 Å². The van der Waals surface area contributed by atoms with Gasteiger partial charge in [0.15, 0.2) is 0 Å². The van der Waals surface area contributed by atoms with E-state index in [1.807, 2.05) is 0 Å². The van der Waals surface area contributed by atoms with Gasteiger partial charge in [-0.2, -0.15) is 4.98 Å². The van der Waals surface area contributed by atoms with Crippen LogP contribution < -0.4 is 5.56 Å². The highest BCUT2D eigenvalue weighted by Gasteiger charge is 2.21. The molecule has 0 bridgehead atoms. The molecule has 0 atom stereocenters. The number of nitrogens with zero attached hydrogens (tertiary/aromatic N) is 4. The summed E-state index contributed by atoms with van der Waals surface area (Å²) in [6.07, 6.45) is 0.955. The Morgan fingerprint density at radius 2 is 2.07 bits per heavy atom. The molecule has 0 N–H and O–H groups in total. The number of carbonyl (C=O) groups is 1. The van der Waals surface area contributed by atoms with Gasteiger partial charge in [-0.15, -0.1) is 0 Å². The Balaban J connectivity index is 1.97. The smallest absolute Gasteiger partial charge is 0.343 e. The minimum absolute atomic E-state index is 0.0345. The zero-order valence-corrected chi connectivity index (χ0v) is 13.8. The minimum Gasteiger partial charge on any atom is -0.465 e. The number of ether oxygens (including phenoxy) is 1.